The summed E-state index contributed by atoms with van der Waals surface area (Å²) in [7, 11) is 0. The summed E-state index contributed by atoms with van der Waals surface area (Å²) in [4.78, 5) is 104. The summed E-state index contributed by atoms with van der Waals surface area (Å²) in [5, 5.41) is 0. The third-order valence-corrected chi connectivity index (χ3v) is 22.8. The fraction of sp³-hybridized carbons (Fsp3) is 0.336. The van der Waals surface area contributed by atoms with E-state index in [1.54, 1.807) is 68.0 Å². The van der Waals surface area contributed by atoms with Crippen molar-refractivity contribution in [2.45, 2.75) is 244 Å². The number of rotatable bonds is 37. The fourth-order valence-corrected chi connectivity index (χ4v) is 15.0. The number of pyridine rings is 3. The lowest BCUT2D eigenvalue weighted by Gasteiger charge is -2.11. The Bertz CT molecular complexity index is 5920. The highest BCUT2D eigenvalue weighted by Gasteiger charge is 2.20. The first-order chi connectivity index (χ1) is 64.9. The molecule has 0 amide bonds. The van der Waals surface area contributed by atoms with Gasteiger partial charge >= 0.3 is 0 Å². The van der Waals surface area contributed by atoms with Gasteiger partial charge in [-0.3, -0.25) is 15.0 Å². The Balaban J connectivity index is 0.000000152. The molecule has 13 heterocycles. The van der Waals surface area contributed by atoms with Crippen LogP contribution in [0.5, 0.6) is 0 Å². The van der Waals surface area contributed by atoms with Crippen LogP contribution in [-0.2, 0) is 19.3 Å². The van der Waals surface area contributed by atoms with Crippen LogP contribution in [0.2, 0.25) is 0 Å². The van der Waals surface area contributed by atoms with Crippen molar-refractivity contribution in [1.82, 2.24) is 115 Å². The fourth-order valence-electron chi connectivity index (χ4n) is 15.0. The van der Waals surface area contributed by atoms with Gasteiger partial charge in [-0.15, -0.1) is 0 Å². The minimum atomic E-state index is 0.399. The highest BCUT2D eigenvalue weighted by atomic mass is 15.0. The zero-order valence-corrected chi connectivity index (χ0v) is 79.3. The van der Waals surface area contributed by atoms with Crippen molar-refractivity contribution < 1.29 is 0 Å². The first-order valence-electron chi connectivity index (χ1n) is 47.3. The highest BCUT2D eigenvalue weighted by molar-refractivity contribution is 5.75. The first kappa shape index (κ1) is 96.5. The molecule has 23 heteroatoms. The van der Waals surface area contributed by atoms with Gasteiger partial charge < -0.3 is 0 Å². The number of hydrogen-bond donors (Lipinski definition) is 0. The number of aromatic nitrogens is 23. The molecule has 0 spiro atoms. The van der Waals surface area contributed by atoms with E-state index < -0.39 is 0 Å². The molecule has 16 aromatic rings. The van der Waals surface area contributed by atoms with Gasteiger partial charge in [0.1, 0.15) is 28.9 Å². The standard InChI is InChI=1S/C36H44N2.C30H38N8.C25H25N5.C19H16N8/c1-4-5-6-7-8-9-10-11-12-13-18-30-21-23-31(24-22-30)36-37-34(32-19-14-16-28(2)25-32)27-35(38-36)33-20-15-17-29(3)26-33;1-4-5-6-7-8-9-10-11-12-13-14-24-20-35-29(36-21-24)30-37-25(27-31-16-22(2)17-32-27)15-26(38-30)28-33-18-23(3)19-34-28;1-4-5-6-22-12-11-21(16-28-22)25-29-23(19-9-7-17(2)26-14-19)13-24(30-25)20-10-8-18(3)27-15-20;1-11-20-5-14(6-21-11)17-4-18(15-7-22-12(2)23-8-15)27-19(26-17)16-9-24-13(3)25-10-16/h14-17,19-27H,4-13,18H2,1-3H3;15-21H,4-14H2,1-3H3;7-16H,4-6H2,1-3H3;4-10H,1-3H3. The van der Waals surface area contributed by atoms with Crippen molar-refractivity contribution in [2.24, 2.45) is 0 Å². The topological polar surface area (TPSA) is 296 Å². The van der Waals surface area contributed by atoms with Gasteiger partial charge in [-0.05, 0) is 196 Å². The second-order valence-electron chi connectivity index (χ2n) is 34.3. The predicted molar refractivity (Wildman–Crippen MR) is 533 cm³/mol. The summed E-state index contributed by atoms with van der Waals surface area (Å²) in [5.41, 5.74) is 24.6. The molecule has 0 fully saturated rings. The Kier molecular flexibility index (Phi) is 36.5. The SMILES string of the molecule is CCCCCCCCCCCCc1ccc(-c2nc(-c3cccc(C)c3)cc(-c3cccc(C)c3)n2)cc1.CCCCCCCCCCCCc1cnc(-c2nc(-c3ncc(C)cn3)cc(-c3ncc(C)cn3)n2)nc1.CCCCc1ccc(-c2nc(-c3ccc(C)nc3)cc(-c3ccc(C)nc3)n2)cn1.Cc1ncc(-c2cc(-c3cnc(C)nc3)nc(-c3cnc(C)nc3)n2)cn1. The third kappa shape index (κ3) is 30.0. The van der Waals surface area contributed by atoms with Gasteiger partial charge in [0.25, 0.3) is 0 Å². The van der Waals surface area contributed by atoms with Crippen molar-refractivity contribution in [3.8, 4) is 136 Å². The van der Waals surface area contributed by atoms with Gasteiger partial charge in [-0.25, -0.2) is 99.7 Å². The smallest absolute Gasteiger partial charge is 0.199 e. The number of benzene rings is 3. The molecule has 0 atom stereocenters. The molecule has 0 aliphatic heterocycles. The van der Waals surface area contributed by atoms with Gasteiger partial charge in [-0.1, -0.05) is 215 Å². The van der Waals surface area contributed by atoms with Crippen molar-refractivity contribution in [1.29, 1.82) is 0 Å². The van der Waals surface area contributed by atoms with Crippen LogP contribution in [0, 0.1) is 62.3 Å². The molecule has 678 valence electrons. The van der Waals surface area contributed by atoms with Gasteiger partial charge in [-0.2, -0.15) is 0 Å². The molecular weight excluding hydrogens is 1640 g/mol. The van der Waals surface area contributed by atoms with Crippen LogP contribution in [0.15, 0.2) is 226 Å². The number of aryl methyl sites for hydroxylation is 12. The van der Waals surface area contributed by atoms with E-state index in [1.807, 2.05) is 116 Å². The Morgan fingerprint density at radius 3 is 0.895 bits per heavy atom. The first-order valence-corrected chi connectivity index (χ1v) is 47.3. The Labute approximate surface area is 784 Å². The summed E-state index contributed by atoms with van der Waals surface area (Å²) >= 11 is 0. The van der Waals surface area contributed by atoms with E-state index in [-0.39, 0.29) is 0 Å². The van der Waals surface area contributed by atoms with Gasteiger partial charge in [0.2, 0.25) is 0 Å². The summed E-state index contributed by atoms with van der Waals surface area (Å²) in [6.45, 7) is 24.4. The largest absolute Gasteiger partial charge is 0.261 e. The number of hydrogen-bond acceptors (Lipinski definition) is 23. The Hall–Kier alpha value is -14.1. The van der Waals surface area contributed by atoms with Crippen LogP contribution in [0.25, 0.3) is 136 Å². The Morgan fingerprint density at radius 1 is 0.180 bits per heavy atom. The van der Waals surface area contributed by atoms with Crippen LogP contribution in [0.1, 0.15) is 230 Å². The average molecular weight is 1770 g/mol. The van der Waals surface area contributed by atoms with E-state index in [2.05, 4.69) is 220 Å². The normalized spacial score (nSPS) is 11.0. The molecule has 3 aromatic carbocycles. The van der Waals surface area contributed by atoms with Crippen LogP contribution in [0.3, 0.4) is 0 Å². The molecule has 0 bridgehead atoms. The molecule has 0 saturated carbocycles. The van der Waals surface area contributed by atoms with Gasteiger partial charge in [0.15, 0.2) is 40.8 Å². The minimum Gasteiger partial charge on any atom is -0.261 e. The summed E-state index contributed by atoms with van der Waals surface area (Å²) in [6.07, 6.45) is 59.3. The average Bonchev–Trinajstić information content (AvgIpc) is 0.807. The number of unbranched alkanes of at least 4 members (excludes halogenated alkanes) is 19. The van der Waals surface area contributed by atoms with E-state index >= 15 is 0 Å². The molecular formula is C110H123N23. The second kappa shape index (κ2) is 50.3. The molecule has 0 aliphatic rings. The highest BCUT2D eigenvalue weighted by Crippen LogP contribution is 2.33. The minimum absolute atomic E-state index is 0.399. The van der Waals surface area contributed by atoms with E-state index in [4.69, 9.17) is 19.9 Å². The maximum atomic E-state index is 5.01. The van der Waals surface area contributed by atoms with Crippen molar-refractivity contribution in [3.63, 3.8) is 0 Å². The summed E-state index contributed by atoms with van der Waals surface area (Å²) < 4.78 is 0. The van der Waals surface area contributed by atoms with Crippen LogP contribution in [0.4, 0.5) is 0 Å². The van der Waals surface area contributed by atoms with Crippen molar-refractivity contribution in [2.75, 3.05) is 0 Å². The van der Waals surface area contributed by atoms with Crippen LogP contribution >= 0.6 is 0 Å². The predicted octanol–water partition coefficient (Wildman–Crippen LogP) is 25.9. The second-order valence-corrected chi connectivity index (χ2v) is 34.3. The van der Waals surface area contributed by atoms with E-state index in [0.717, 1.165) is 151 Å². The third-order valence-electron chi connectivity index (χ3n) is 22.8. The van der Waals surface area contributed by atoms with Crippen LogP contribution in [-0.4, -0.2) is 115 Å². The van der Waals surface area contributed by atoms with Crippen molar-refractivity contribution >= 4 is 0 Å². The van der Waals surface area contributed by atoms with Crippen LogP contribution < -0.4 is 0 Å². The zero-order chi connectivity index (χ0) is 92.9. The van der Waals surface area contributed by atoms with E-state index in [9.17, 15) is 0 Å². The molecule has 13 aromatic heterocycles. The molecule has 0 aliphatic carbocycles. The van der Waals surface area contributed by atoms with Gasteiger partial charge in [0.05, 0.1) is 39.7 Å². The maximum absolute atomic E-state index is 5.01. The summed E-state index contributed by atoms with van der Waals surface area (Å²) in [5.74, 6) is 5.91. The molecule has 0 saturated heterocycles. The maximum Gasteiger partial charge on any atom is 0.199 e. The quantitative estimate of drug-likeness (QED) is 0.0327. The lowest BCUT2D eigenvalue weighted by Crippen LogP contribution is -2.03. The van der Waals surface area contributed by atoms with E-state index in [0.29, 0.717) is 75.2 Å². The molecule has 0 unspecified atom stereocenters. The van der Waals surface area contributed by atoms with Crippen molar-refractivity contribution in [3.05, 3.63) is 294 Å². The monoisotopic (exact) mass is 1770 g/mol. The van der Waals surface area contributed by atoms with E-state index in [1.165, 1.54) is 139 Å². The summed E-state index contributed by atoms with van der Waals surface area (Å²) in [6, 6.07) is 46.0. The molecule has 0 N–H and O–H groups in total. The lowest BCUT2D eigenvalue weighted by molar-refractivity contribution is 0.556. The molecule has 0 radical (unpaired) electrons. The zero-order valence-electron chi connectivity index (χ0n) is 79.3. The van der Waals surface area contributed by atoms with Gasteiger partial charge in [0, 0.05) is 155 Å². The Morgan fingerprint density at radius 2 is 0.504 bits per heavy atom. The number of nitrogens with zero attached hydrogens (tertiary/aromatic N) is 23. The lowest BCUT2D eigenvalue weighted by atomic mass is 10.0. The molecule has 133 heavy (non-hydrogen) atoms. The molecule has 16 rings (SSSR count). The molecule has 23 nitrogen and oxygen atoms in total.